The SMILES string of the molecule is CCCCC/C=C/CCCCCCCC(=O)OC[C@H](CO)OC(=O)CCCCCCCCCCCCCCCCCCCCCC. The number of ether oxygens (including phenoxy) is 2. The average molecular weight is 651 g/mol. The standard InChI is InChI=1S/C41H78O5/c1-3-5-7-9-11-13-15-17-18-19-20-21-22-23-24-26-28-30-32-34-36-41(44)46-39(37-42)38-45-40(43)35-33-31-29-27-25-16-14-12-10-8-6-4-2/h12,14,39,42H,3-11,13,15-38H2,1-2H3/b14-12+/t39-/m0/s1. The van der Waals surface area contributed by atoms with Crippen LogP contribution >= 0.6 is 0 Å². The Hall–Kier alpha value is -1.36. The zero-order chi connectivity index (χ0) is 33.6. The highest BCUT2D eigenvalue weighted by Crippen LogP contribution is 2.15. The minimum absolute atomic E-state index is 0.0646. The molecule has 46 heavy (non-hydrogen) atoms. The van der Waals surface area contributed by atoms with E-state index in [9.17, 15) is 14.7 Å². The molecule has 1 N–H and O–H groups in total. The molecule has 0 spiro atoms. The summed E-state index contributed by atoms with van der Waals surface area (Å²) in [4.78, 5) is 24.2. The maximum Gasteiger partial charge on any atom is 0.306 e. The Balaban J connectivity index is 3.48. The van der Waals surface area contributed by atoms with Gasteiger partial charge in [-0.2, -0.15) is 0 Å². The van der Waals surface area contributed by atoms with Gasteiger partial charge in [0.2, 0.25) is 0 Å². The van der Waals surface area contributed by atoms with E-state index in [0.29, 0.717) is 12.8 Å². The normalized spacial score (nSPS) is 12.2. The molecular weight excluding hydrogens is 572 g/mol. The number of allylic oxidation sites excluding steroid dienone is 2. The Bertz CT molecular complexity index is 661. The fourth-order valence-electron chi connectivity index (χ4n) is 5.96. The van der Waals surface area contributed by atoms with Crippen molar-refractivity contribution in [3.63, 3.8) is 0 Å². The summed E-state index contributed by atoms with van der Waals surface area (Å²) in [7, 11) is 0. The van der Waals surface area contributed by atoms with Gasteiger partial charge in [-0.3, -0.25) is 9.59 Å². The second-order valence-electron chi connectivity index (χ2n) is 13.7. The number of aliphatic hydroxyl groups excluding tert-OH is 1. The van der Waals surface area contributed by atoms with Crippen LogP contribution in [0.5, 0.6) is 0 Å². The van der Waals surface area contributed by atoms with Crippen molar-refractivity contribution >= 4 is 11.9 Å². The lowest BCUT2D eigenvalue weighted by atomic mass is 10.0. The van der Waals surface area contributed by atoms with Crippen molar-refractivity contribution < 1.29 is 24.2 Å². The van der Waals surface area contributed by atoms with Crippen LogP contribution in [0.1, 0.15) is 219 Å². The van der Waals surface area contributed by atoms with Gasteiger partial charge in [-0.15, -0.1) is 0 Å². The topological polar surface area (TPSA) is 72.8 Å². The first kappa shape index (κ1) is 44.6. The van der Waals surface area contributed by atoms with E-state index in [1.165, 1.54) is 148 Å². The van der Waals surface area contributed by atoms with Gasteiger partial charge >= 0.3 is 11.9 Å². The average Bonchev–Trinajstić information content (AvgIpc) is 3.06. The van der Waals surface area contributed by atoms with Gasteiger partial charge in [0, 0.05) is 12.8 Å². The minimum atomic E-state index is -0.767. The summed E-state index contributed by atoms with van der Waals surface area (Å²) >= 11 is 0. The van der Waals surface area contributed by atoms with Crippen molar-refractivity contribution in [2.45, 2.75) is 225 Å². The first-order valence-electron chi connectivity index (χ1n) is 20.2. The molecule has 0 aromatic carbocycles. The van der Waals surface area contributed by atoms with Crippen LogP contribution < -0.4 is 0 Å². The van der Waals surface area contributed by atoms with E-state index in [-0.39, 0.29) is 25.2 Å². The van der Waals surface area contributed by atoms with Gasteiger partial charge in [-0.25, -0.2) is 0 Å². The number of hydrogen-bond donors (Lipinski definition) is 1. The van der Waals surface area contributed by atoms with Crippen molar-refractivity contribution in [3.8, 4) is 0 Å². The van der Waals surface area contributed by atoms with Crippen molar-refractivity contribution in [1.82, 2.24) is 0 Å². The van der Waals surface area contributed by atoms with Crippen LogP contribution in [-0.4, -0.2) is 36.4 Å². The fraction of sp³-hybridized carbons (Fsp3) is 0.902. The molecule has 0 aliphatic heterocycles. The molecular formula is C41H78O5. The maximum absolute atomic E-state index is 12.2. The highest BCUT2D eigenvalue weighted by atomic mass is 16.6. The third kappa shape index (κ3) is 35.5. The summed E-state index contributed by atoms with van der Waals surface area (Å²) < 4.78 is 10.6. The van der Waals surface area contributed by atoms with E-state index in [2.05, 4.69) is 26.0 Å². The summed E-state index contributed by atoms with van der Waals surface area (Å²) in [6.07, 6.45) is 42.8. The number of hydrogen-bond acceptors (Lipinski definition) is 5. The summed E-state index contributed by atoms with van der Waals surface area (Å²) in [5.41, 5.74) is 0. The predicted octanol–water partition coefficient (Wildman–Crippen LogP) is 12.5. The first-order chi connectivity index (χ1) is 22.6. The maximum atomic E-state index is 12.2. The second-order valence-corrected chi connectivity index (χ2v) is 13.7. The molecule has 0 amide bonds. The minimum Gasteiger partial charge on any atom is -0.462 e. The number of aliphatic hydroxyl groups is 1. The summed E-state index contributed by atoms with van der Waals surface area (Å²) in [6, 6.07) is 0. The third-order valence-electron chi connectivity index (χ3n) is 9.06. The molecule has 0 aliphatic carbocycles. The van der Waals surface area contributed by atoms with Crippen molar-refractivity contribution in [2.24, 2.45) is 0 Å². The van der Waals surface area contributed by atoms with Crippen LogP contribution in [0.25, 0.3) is 0 Å². The molecule has 0 saturated heterocycles. The number of esters is 2. The molecule has 0 bridgehead atoms. The molecule has 5 nitrogen and oxygen atoms in total. The lowest BCUT2D eigenvalue weighted by Gasteiger charge is -2.15. The van der Waals surface area contributed by atoms with Gasteiger partial charge < -0.3 is 14.6 Å². The largest absolute Gasteiger partial charge is 0.462 e. The van der Waals surface area contributed by atoms with Crippen LogP contribution in [0, 0.1) is 0 Å². The zero-order valence-corrected chi connectivity index (χ0v) is 30.9. The van der Waals surface area contributed by atoms with Crippen LogP contribution in [0.15, 0.2) is 12.2 Å². The highest BCUT2D eigenvalue weighted by molar-refractivity contribution is 5.70. The van der Waals surface area contributed by atoms with E-state index in [1.54, 1.807) is 0 Å². The first-order valence-corrected chi connectivity index (χ1v) is 20.2. The van der Waals surface area contributed by atoms with Crippen LogP contribution in [-0.2, 0) is 19.1 Å². The van der Waals surface area contributed by atoms with E-state index in [1.807, 2.05) is 0 Å². The second kappa shape index (κ2) is 38.1. The molecule has 0 heterocycles. The molecule has 272 valence electrons. The van der Waals surface area contributed by atoms with Gasteiger partial charge in [0.15, 0.2) is 6.10 Å². The van der Waals surface area contributed by atoms with Gasteiger partial charge in [0.25, 0.3) is 0 Å². The Labute approximate surface area is 286 Å². The summed E-state index contributed by atoms with van der Waals surface area (Å²) in [6.45, 7) is 4.12. The van der Waals surface area contributed by atoms with Crippen molar-refractivity contribution in [3.05, 3.63) is 12.2 Å². The number of unbranched alkanes of at least 4 members (excludes halogenated alkanes) is 27. The lowest BCUT2D eigenvalue weighted by Crippen LogP contribution is -2.28. The van der Waals surface area contributed by atoms with Crippen LogP contribution in [0.3, 0.4) is 0 Å². The molecule has 1 atom stereocenters. The number of carbonyl (C=O) groups is 2. The Morgan fingerprint density at radius 2 is 0.804 bits per heavy atom. The monoisotopic (exact) mass is 651 g/mol. The predicted molar refractivity (Wildman–Crippen MR) is 196 cm³/mol. The zero-order valence-electron chi connectivity index (χ0n) is 30.9. The molecule has 0 radical (unpaired) electrons. The number of carbonyl (C=O) groups excluding carboxylic acids is 2. The summed E-state index contributed by atoms with van der Waals surface area (Å²) in [5.74, 6) is -0.591. The molecule has 0 aromatic heterocycles. The Morgan fingerprint density at radius 1 is 0.478 bits per heavy atom. The summed E-state index contributed by atoms with van der Waals surface area (Å²) in [5, 5.41) is 9.54. The highest BCUT2D eigenvalue weighted by Gasteiger charge is 2.16. The molecule has 5 heteroatoms. The van der Waals surface area contributed by atoms with Gasteiger partial charge in [0.1, 0.15) is 6.61 Å². The quantitative estimate of drug-likeness (QED) is 0.0411. The van der Waals surface area contributed by atoms with Crippen molar-refractivity contribution in [1.29, 1.82) is 0 Å². The van der Waals surface area contributed by atoms with Gasteiger partial charge in [-0.1, -0.05) is 180 Å². The van der Waals surface area contributed by atoms with E-state index >= 15 is 0 Å². The molecule has 0 unspecified atom stereocenters. The molecule has 0 saturated carbocycles. The van der Waals surface area contributed by atoms with E-state index < -0.39 is 6.10 Å². The molecule has 0 fully saturated rings. The third-order valence-corrected chi connectivity index (χ3v) is 9.06. The number of rotatable bonds is 37. The Kier molecular flexibility index (Phi) is 37.0. The van der Waals surface area contributed by atoms with Crippen LogP contribution in [0.4, 0.5) is 0 Å². The van der Waals surface area contributed by atoms with E-state index in [0.717, 1.165) is 44.9 Å². The Morgan fingerprint density at radius 3 is 1.22 bits per heavy atom. The molecule has 0 aromatic rings. The van der Waals surface area contributed by atoms with E-state index in [4.69, 9.17) is 9.47 Å². The lowest BCUT2D eigenvalue weighted by molar-refractivity contribution is -0.161. The fourth-order valence-corrected chi connectivity index (χ4v) is 5.96. The van der Waals surface area contributed by atoms with Crippen LogP contribution in [0.2, 0.25) is 0 Å². The van der Waals surface area contributed by atoms with Gasteiger partial charge in [0.05, 0.1) is 6.61 Å². The molecule has 0 aliphatic rings. The smallest absolute Gasteiger partial charge is 0.306 e. The van der Waals surface area contributed by atoms with Crippen molar-refractivity contribution in [2.75, 3.05) is 13.2 Å². The van der Waals surface area contributed by atoms with Gasteiger partial charge in [-0.05, 0) is 38.5 Å². The molecule has 0 rings (SSSR count).